The van der Waals surface area contributed by atoms with E-state index in [1.807, 2.05) is 0 Å². The molecule has 6 nitrogen and oxygen atoms in total. The highest BCUT2D eigenvalue weighted by Crippen LogP contribution is 2.16. The molecule has 16 heavy (non-hydrogen) atoms. The number of carbonyl (C=O) groups excluding carboxylic acids is 1. The van der Waals surface area contributed by atoms with Gasteiger partial charge in [0, 0.05) is 0 Å². The second-order valence-corrected chi connectivity index (χ2v) is 5.01. The van der Waals surface area contributed by atoms with Crippen LogP contribution in [0.3, 0.4) is 0 Å². The SMILES string of the molecule is CC(C)(C)OC(=O)N1C[C@@H](O)C(O)[C@H](O)C1. The number of rotatable bonds is 0. The van der Waals surface area contributed by atoms with E-state index in [1.165, 1.54) is 4.90 Å². The van der Waals surface area contributed by atoms with Gasteiger partial charge in [-0.1, -0.05) is 0 Å². The smallest absolute Gasteiger partial charge is 0.410 e. The Morgan fingerprint density at radius 3 is 2.00 bits per heavy atom. The van der Waals surface area contributed by atoms with Crippen LogP contribution in [0.1, 0.15) is 20.8 Å². The summed E-state index contributed by atoms with van der Waals surface area (Å²) >= 11 is 0. The molecule has 1 aliphatic rings. The lowest BCUT2D eigenvalue weighted by Crippen LogP contribution is -2.57. The molecule has 1 rings (SSSR count). The zero-order chi connectivity index (χ0) is 12.5. The molecule has 0 bridgehead atoms. The fraction of sp³-hybridized carbons (Fsp3) is 0.900. The molecule has 1 saturated heterocycles. The Balaban J connectivity index is 2.58. The van der Waals surface area contributed by atoms with Crippen LogP contribution in [0.4, 0.5) is 4.79 Å². The normalized spacial score (nSPS) is 28.0. The van der Waals surface area contributed by atoms with Crippen LogP contribution in [0, 0.1) is 0 Å². The van der Waals surface area contributed by atoms with Crippen LogP contribution in [0.2, 0.25) is 0 Å². The molecule has 1 fully saturated rings. The third-order valence-corrected chi connectivity index (χ3v) is 2.26. The molecule has 0 saturated carbocycles. The van der Waals surface area contributed by atoms with Gasteiger partial charge in [0.1, 0.15) is 23.9 Å². The lowest BCUT2D eigenvalue weighted by atomic mass is 10.0. The van der Waals surface area contributed by atoms with Gasteiger partial charge in [0.2, 0.25) is 0 Å². The number of ether oxygens (including phenoxy) is 1. The highest BCUT2D eigenvalue weighted by molar-refractivity contribution is 5.68. The largest absolute Gasteiger partial charge is 0.444 e. The van der Waals surface area contributed by atoms with E-state index in [2.05, 4.69) is 0 Å². The Labute approximate surface area is 94.4 Å². The Kier molecular flexibility index (Phi) is 3.77. The Morgan fingerprint density at radius 1 is 1.19 bits per heavy atom. The highest BCUT2D eigenvalue weighted by atomic mass is 16.6. The fourth-order valence-corrected chi connectivity index (χ4v) is 1.47. The van der Waals surface area contributed by atoms with Crippen molar-refractivity contribution in [3.8, 4) is 0 Å². The second-order valence-electron chi connectivity index (χ2n) is 5.01. The predicted molar refractivity (Wildman–Crippen MR) is 55.8 cm³/mol. The van der Waals surface area contributed by atoms with Crippen LogP contribution in [0.5, 0.6) is 0 Å². The maximum atomic E-state index is 11.6. The summed E-state index contributed by atoms with van der Waals surface area (Å²) in [5.74, 6) is 0. The molecule has 0 aromatic heterocycles. The van der Waals surface area contributed by atoms with Crippen molar-refractivity contribution in [2.75, 3.05) is 13.1 Å². The fourth-order valence-electron chi connectivity index (χ4n) is 1.47. The monoisotopic (exact) mass is 233 g/mol. The summed E-state index contributed by atoms with van der Waals surface area (Å²) in [5.41, 5.74) is -0.622. The summed E-state index contributed by atoms with van der Waals surface area (Å²) in [6.45, 7) is 5.13. The minimum absolute atomic E-state index is 0.0346. The number of carbonyl (C=O) groups is 1. The molecule has 3 N–H and O–H groups in total. The van der Waals surface area contributed by atoms with Gasteiger partial charge in [-0.05, 0) is 20.8 Å². The van der Waals surface area contributed by atoms with Crippen LogP contribution in [0.15, 0.2) is 0 Å². The van der Waals surface area contributed by atoms with Crippen LogP contribution in [0.25, 0.3) is 0 Å². The topological polar surface area (TPSA) is 90.2 Å². The lowest BCUT2D eigenvalue weighted by molar-refractivity contribution is -0.109. The van der Waals surface area contributed by atoms with Crippen molar-refractivity contribution in [3.63, 3.8) is 0 Å². The first-order valence-corrected chi connectivity index (χ1v) is 5.23. The number of hydrogen-bond acceptors (Lipinski definition) is 5. The molecule has 0 aromatic carbocycles. The molecular weight excluding hydrogens is 214 g/mol. The van der Waals surface area contributed by atoms with Gasteiger partial charge in [-0.25, -0.2) is 4.79 Å². The lowest BCUT2D eigenvalue weighted by Gasteiger charge is -2.37. The third-order valence-electron chi connectivity index (χ3n) is 2.26. The van der Waals surface area contributed by atoms with Crippen molar-refractivity contribution in [1.29, 1.82) is 0 Å². The van der Waals surface area contributed by atoms with Gasteiger partial charge in [0.05, 0.1) is 13.1 Å². The Hall–Kier alpha value is -0.850. The molecule has 0 spiro atoms. The standard InChI is InChI=1S/C10H19NO5/c1-10(2,3)16-9(15)11-4-6(12)8(14)7(13)5-11/h6-8,12-14H,4-5H2,1-3H3/t6-,7-/m1/s1. The third kappa shape index (κ3) is 3.33. The van der Waals surface area contributed by atoms with E-state index in [9.17, 15) is 20.1 Å². The average Bonchev–Trinajstić information content (AvgIpc) is 2.10. The number of likely N-dealkylation sites (tertiary alicyclic amines) is 1. The van der Waals surface area contributed by atoms with Crippen molar-refractivity contribution in [3.05, 3.63) is 0 Å². The van der Waals surface area contributed by atoms with E-state index in [0.29, 0.717) is 0 Å². The summed E-state index contributed by atoms with van der Waals surface area (Å²) in [7, 11) is 0. The first-order chi connectivity index (χ1) is 7.20. The van der Waals surface area contributed by atoms with Gasteiger partial charge in [0.25, 0.3) is 0 Å². The van der Waals surface area contributed by atoms with Gasteiger partial charge >= 0.3 is 6.09 Å². The number of nitrogens with zero attached hydrogens (tertiary/aromatic N) is 1. The molecule has 2 atom stereocenters. The minimum Gasteiger partial charge on any atom is -0.444 e. The van der Waals surface area contributed by atoms with Gasteiger partial charge in [-0.3, -0.25) is 0 Å². The average molecular weight is 233 g/mol. The van der Waals surface area contributed by atoms with Crippen molar-refractivity contribution in [1.82, 2.24) is 4.90 Å². The van der Waals surface area contributed by atoms with E-state index in [-0.39, 0.29) is 13.1 Å². The van der Waals surface area contributed by atoms with Gasteiger partial charge in [-0.2, -0.15) is 0 Å². The number of aliphatic hydroxyl groups excluding tert-OH is 3. The van der Waals surface area contributed by atoms with Crippen molar-refractivity contribution < 1.29 is 24.9 Å². The Morgan fingerprint density at radius 2 is 1.62 bits per heavy atom. The van der Waals surface area contributed by atoms with Crippen LogP contribution >= 0.6 is 0 Å². The van der Waals surface area contributed by atoms with Gasteiger partial charge < -0.3 is 25.0 Å². The van der Waals surface area contributed by atoms with Gasteiger partial charge in [-0.15, -0.1) is 0 Å². The Bertz CT molecular complexity index is 250. The molecule has 6 heteroatoms. The van der Waals surface area contributed by atoms with E-state index in [0.717, 1.165) is 0 Å². The summed E-state index contributed by atoms with van der Waals surface area (Å²) in [6.07, 6.45) is -4.09. The summed E-state index contributed by atoms with van der Waals surface area (Å²) in [4.78, 5) is 12.8. The van der Waals surface area contributed by atoms with Crippen molar-refractivity contribution in [2.45, 2.75) is 44.7 Å². The zero-order valence-corrected chi connectivity index (χ0v) is 9.75. The van der Waals surface area contributed by atoms with Gasteiger partial charge in [0.15, 0.2) is 0 Å². The minimum atomic E-state index is -1.21. The maximum Gasteiger partial charge on any atom is 0.410 e. The molecule has 0 unspecified atom stereocenters. The predicted octanol–water partition coefficient (Wildman–Crippen LogP) is -0.680. The summed E-state index contributed by atoms with van der Waals surface area (Å²) in [5, 5.41) is 28.1. The van der Waals surface area contributed by atoms with E-state index >= 15 is 0 Å². The molecule has 94 valence electrons. The number of amides is 1. The van der Waals surface area contributed by atoms with Crippen LogP contribution in [-0.2, 0) is 4.74 Å². The first kappa shape index (κ1) is 13.2. The van der Waals surface area contributed by atoms with E-state index in [4.69, 9.17) is 4.74 Å². The van der Waals surface area contributed by atoms with Crippen LogP contribution in [-0.4, -0.2) is 63.3 Å². The van der Waals surface area contributed by atoms with Crippen LogP contribution < -0.4 is 0 Å². The summed E-state index contributed by atoms with van der Waals surface area (Å²) in [6, 6.07) is 0. The summed E-state index contributed by atoms with van der Waals surface area (Å²) < 4.78 is 5.09. The number of aliphatic hydroxyl groups is 3. The second kappa shape index (κ2) is 4.57. The molecule has 1 amide bonds. The zero-order valence-electron chi connectivity index (χ0n) is 9.75. The number of piperidine rings is 1. The number of hydrogen-bond donors (Lipinski definition) is 3. The van der Waals surface area contributed by atoms with E-state index in [1.54, 1.807) is 20.8 Å². The molecule has 0 aliphatic carbocycles. The first-order valence-electron chi connectivity index (χ1n) is 5.23. The number of β-amino-alcohol motifs (C(OH)–C–C–N with tert-alkyl or cyclic N) is 2. The van der Waals surface area contributed by atoms with Crippen molar-refractivity contribution >= 4 is 6.09 Å². The molecule has 0 radical (unpaired) electrons. The molecule has 0 aromatic rings. The molecule has 1 heterocycles. The van der Waals surface area contributed by atoms with E-state index < -0.39 is 30.0 Å². The van der Waals surface area contributed by atoms with Crippen molar-refractivity contribution in [2.24, 2.45) is 0 Å². The highest BCUT2D eigenvalue weighted by Gasteiger charge is 2.37. The molecule has 1 aliphatic heterocycles. The molecular formula is C10H19NO5. The maximum absolute atomic E-state index is 11.6. The quantitative estimate of drug-likeness (QED) is 0.516.